The van der Waals surface area contributed by atoms with Gasteiger partial charge in [-0.3, -0.25) is 14.4 Å². The molecular formula is C29H26F4N6O2. The van der Waals surface area contributed by atoms with Crippen LogP contribution in [-0.2, 0) is 0 Å². The molecule has 0 bridgehead atoms. The highest BCUT2D eigenvalue weighted by Gasteiger charge is 2.29. The van der Waals surface area contributed by atoms with Gasteiger partial charge in [0.1, 0.15) is 5.82 Å². The highest BCUT2D eigenvalue weighted by molar-refractivity contribution is 5.93. The van der Waals surface area contributed by atoms with Gasteiger partial charge in [-0.05, 0) is 63.3 Å². The third-order valence-electron chi connectivity index (χ3n) is 7.27. The summed E-state index contributed by atoms with van der Waals surface area (Å²) in [6.07, 6.45) is 5.57. The van der Waals surface area contributed by atoms with E-state index in [2.05, 4.69) is 21.8 Å². The summed E-state index contributed by atoms with van der Waals surface area (Å²) in [6.45, 7) is 7.27. The number of aryl methyl sites for hydroxylation is 1. The molecule has 41 heavy (non-hydrogen) atoms. The van der Waals surface area contributed by atoms with Gasteiger partial charge in [-0.15, -0.1) is 0 Å². The minimum absolute atomic E-state index is 0.0179. The Labute approximate surface area is 231 Å². The summed E-state index contributed by atoms with van der Waals surface area (Å²) in [5, 5.41) is 4.33. The molecule has 2 aromatic carbocycles. The van der Waals surface area contributed by atoms with Gasteiger partial charge in [-0.2, -0.15) is 5.10 Å². The summed E-state index contributed by atoms with van der Waals surface area (Å²) in [5.74, 6) is -5.23. The quantitative estimate of drug-likeness (QED) is 0.145. The Hall–Kier alpha value is -4.74. The average Bonchev–Trinajstić information content (AvgIpc) is 3.55. The molecule has 1 N–H and O–H groups in total. The van der Waals surface area contributed by atoms with Crippen molar-refractivity contribution in [2.24, 2.45) is 4.99 Å². The van der Waals surface area contributed by atoms with Crippen molar-refractivity contribution in [1.29, 1.82) is 0 Å². The molecule has 3 heterocycles. The Morgan fingerprint density at radius 2 is 1.78 bits per heavy atom. The van der Waals surface area contributed by atoms with Gasteiger partial charge >= 0.3 is 5.69 Å². The van der Waals surface area contributed by atoms with E-state index in [0.29, 0.717) is 53.8 Å². The fourth-order valence-corrected chi connectivity index (χ4v) is 5.16. The number of benzene rings is 2. The van der Waals surface area contributed by atoms with Crippen LogP contribution < -0.4 is 5.69 Å². The summed E-state index contributed by atoms with van der Waals surface area (Å²) in [4.78, 5) is 34.2. The van der Waals surface area contributed by atoms with Crippen molar-refractivity contribution in [3.05, 3.63) is 99.4 Å². The van der Waals surface area contributed by atoms with Crippen LogP contribution in [0.2, 0.25) is 0 Å². The molecule has 0 aliphatic carbocycles. The van der Waals surface area contributed by atoms with Crippen LogP contribution in [0.25, 0.3) is 22.3 Å². The lowest BCUT2D eigenvalue weighted by molar-refractivity contribution is 0.0688. The molecule has 12 heteroatoms. The van der Waals surface area contributed by atoms with E-state index in [9.17, 15) is 27.2 Å². The first kappa shape index (κ1) is 27.8. The van der Waals surface area contributed by atoms with Gasteiger partial charge in [0.05, 0.1) is 22.4 Å². The van der Waals surface area contributed by atoms with Crippen molar-refractivity contribution in [1.82, 2.24) is 24.2 Å². The number of carbonyl (C=O) groups excluding carboxylic acids is 1. The largest absolute Gasteiger partial charge is 0.337 e. The van der Waals surface area contributed by atoms with Crippen molar-refractivity contribution in [3.8, 4) is 5.69 Å². The van der Waals surface area contributed by atoms with Crippen molar-refractivity contribution >= 4 is 29.2 Å². The Morgan fingerprint density at radius 3 is 2.44 bits per heavy atom. The Bertz CT molecular complexity index is 1770. The number of carbonyl (C=O) groups is 1. The van der Waals surface area contributed by atoms with Crippen LogP contribution in [0, 0.1) is 30.2 Å². The van der Waals surface area contributed by atoms with E-state index < -0.39 is 29.2 Å². The number of nitrogens with one attached hydrogen (secondary N) is 1. The van der Waals surface area contributed by atoms with Crippen LogP contribution in [-0.4, -0.2) is 49.9 Å². The standard InChI is InChI=1S/C29H26F4N6O2/c1-16(5-4-10-34-3)25-15-24(36-39(25)19-13-21(31)26(33)22(32)14-19)28(40)37-11-8-18(9-12-37)38-27-17(2)20(30)6-7-23(27)35-29(38)41/h4-7,10,13-15,18H,3,8-9,11-12H2,1-2H3,(H,35,41)/b10-4-,16-5+. The molecule has 0 saturated carbocycles. The number of hydrogen-bond acceptors (Lipinski definition) is 4. The van der Waals surface area contributed by atoms with Gasteiger partial charge < -0.3 is 9.88 Å². The first-order valence-electron chi connectivity index (χ1n) is 12.8. The molecule has 0 atom stereocenters. The minimum atomic E-state index is -1.61. The average molecular weight is 567 g/mol. The number of amides is 1. The Morgan fingerprint density at radius 1 is 1.10 bits per heavy atom. The molecule has 1 fully saturated rings. The summed E-state index contributed by atoms with van der Waals surface area (Å²) in [5.41, 5.74) is 1.92. The maximum atomic E-state index is 14.3. The minimum Gasteiger partial charge on any atom is -0.337 e. The molecule has 5 rings (SSSR count). The van der Waals surface area contributed by atoms with Crippen LogP contribution in [0.4, 0.5) is 17.6 Å². The number of aromatic nitrogens is 4. The summed E-state index contributed by atoms with van der Waals surface area (Å²) in [7, 11) is 0. The van der Waals surface area contributed by atoms with Crippen molar-refractivity contribution in [3.63, 3.8) is 0 Å². The molecule has 1 aliphatic heterocycles. The number of aromatic amines is 1. The van der Waals surface area contributed by atoms with E-state index in [1.165, 1.54) is 29.1 Å². The lowest BCUT2D eigenvalue weighted by Crippen LogP contribution is -2.40. The van der Waals surface area contributed by atoms with Crippen molar-refractivity contribution < 1.29 is 22.4 Å². The molecule has 0 radical (unpaired) electrons. The van der Waals surface area contributed by atoms with Crippen LogP contribution in [0.5, 0.6) is 0 Å². The second-order valence-corrected chi connectivity index (χ2v) is 9.82. The molecule has 4 aromatic rings. The number of halogens is 4. The normalized spacial score (nSPS) is 14.9. The smallest absolute Gasteiger partial charge is 0.326 e. The predicted molar refractivity (Wildman–Crippen MR) is 147 cm³/mol. The highest BCUT2D eigenvalue weighted by Crippen LogP contribution is 2.29. The Kier molecular flexibility index (Phi) is 7.48. The molecule has 8 nitrogen and oxygen atoms in total. The molecule has 1 aliphatic rings. The van der Waals surface area contributed by atoms with Gasteiger partial charge in [0, 0.05) is 43.0 Å². The third kappa shape index (κ3) is 5.12. The topological polar surface area (TPSA) is 88.3 Å². The maximum Gasteiger partial charge on any atom is 0.326 e. The second kappa shape index (κ2) is 11.0. The molecular weight excluding hydrogens is 540 g/mol. The first-order chi connectivity index (χ1) is 19.6. The van der Waals surface area contributed by atoms with Gasteiger partial charge in [0.2, 0.25) is 0 Å². The molecule has 1 amide bonds. The van der Waals surface area contributed by atoms with E-state index in [1.54, 1.807) is 35.5 Å². The highest BCUT2D eigenvalue weighted by atomic mass is 19.2. The molecule has 0 unspecified atom stereocenters. The Balaban J connectivity index is 1.44. The summed E-state index contributed by atoms with van der Waals surface area (Å²) in [6, 6.07) is 5.67. The number of nitrogens with zero attached hydrogens (tertiary/aromatic N) is 5. The number of hydrogen-bond donors (Lipinski definition) is 1. The van der Waals surface area contributed by atoms with Crippen molar-refractivity contribution in [2.75, 3.05) is 13.1 Å². The van der Waals surface area contributed by atoms with Gasteiger partial charge in [-0.25, -0.2) is 27.0 Å². The SMILES string of the molecule is C=N/C=C\C=C(/C)c1cc(C(=O)N2CCC(n3c(=O)[nH]c4ccc(F)c(C)c43)CC2)nn1-c1cc(F)c(F)c(F)c1. The van der Waals surface area contributed by atoms with Crippen LogP contribution in [0.15, 0.2) is 58.5 Å². The van der Waals surface area contributed by atoms with Crippen LogP contribution >= 0.6 is 0 Å². The van der Waals surface area contributed by atoms with Crippen LogP contribution in [0.3, 0.4) is 0 Å². The maximum absolute atomic E-state index is 14.3. The van der Waals surface area contributed by atoms with E-state index in [1.807, 2.05) is 0 Å². The lowest BCUT2D eigenvalue weighted by Gasteiger charge is -2.32. The second-order valence-electron chi connectivity index (χ2n) is 9.82. The van der Waals surface area contributed by atoms with Gasteiger partial charge in [0.15, 0.2) is 23.1 Å². The van der Waals surface area contributed by atoms with Gasteiger partial charge in [-0.1, -0.05) is 6.08 Å². The number of likely N-dealkylation sites (tertiary alicyclic amines) is 1. The number of H-pyrrole nitrogens is 1. The monoisotopic (exact) mass is 566 g/mol. The van der Waals surface area contributed by atoms with E-state index in [0.717, 1.165) is 12.1 Å². The zero-order valence-corrected chi connectivity index (χ0v) is 22.3. The molecule has 2 aromatic heterocycles. The van der Waals surface area contributed by atoms with E-state index in [4.69, 9.17) is 0 Å². The predicted octanol–water partition coefficient (Wildman–Crippen LogP) is 5.48. The fourth-order valence-electron chi connectivity index (χ4n) is 5.16. The van der Waals surface area contributed by atoms with Crippen molar-refractivity contribution in [2.45, 2.75) is 32.7 Å². The molecule has 212 valence electrons. The molecule has 1 saturated heterocycles. The van der Waals surface area contributed by atoms with E-state index >= 15 is 0 Å². The first-order valence-corrected chi connectivity index (χ1v) is 12.8. The third-order valence-corrected chi connectivity index (χ3v) is 7.27. The molecule has 0 spiro atoms. The lowest BCUT2D eigenvalue weighted by atomic mass is 10.0. The number of piperidine rings is 1. The van der Waals surface area contributed by atoms with Crippen LogP contribution in [0.1, 0.15) is 47.6 Å². The van der Waals surface area contributed by atoms with Gasteiger partial charge in [0.25, 0.3) is 5.91 Å². The fraction of sp³-hybridized carbons (Fsp3) is 0.241. The number of imidazole rings is 1. The van der Waals surface area contributed by atoms with E-state index in [-0.39, 0.29) is 23.1 Å². The zero-order chi connectivity index (χ0) is 29.4. The zero-order valence-electron chi connectivity index (χ0n) is 22.3. The number of allylic oxidation sites excluding steroid dienone is 3. The number of rotatable bonds is 6. The summed E-state index contributed by atoms with van der Waals surface area (Å²) >= 11 is 0. The number of aliphatic imine (C=N–C) groups is 1. The number of fused-ring (bicyclic) bond motifs is 1. The summed E-state index contributed by atoms with van der Waals surface area (Å²) < 4.78 is 58.8.